The van der Waals surface area contributed by atoms with Gasteiger partial charge in [-0.05, 0) is 49.2 Å². The maximum Gasteiger partial charge on any atom is 0.142 e. The van der Waals surface area contributed by atoms with Gasteiger partial charge in [-0.2, -0.15) is 0 Å². The lowest BCUT2D eigenvalue weighted by atomic mass is 9.95. The number of hydrogen-bond donors (Lipinski definition) is 1. The Bertz CT molecular complexity index is 613. The zero-order chi connectivity index (χ0) is 14.7. The lowest BCUT2D eigenvalue weighted by Gasteiger charge is -2.20. The third-order valence-electron chi connectivity index (χ3n) is 3.49. The molecule has 0 fully saturated rings. The number of nitrogens with one attached hydrogen (secondary N) is 1. The van der Waals surface area contributed by atoms with Gasteiger partial charge in [-0.1, -0.05) is 47.5 Å². The second-order valence-electron chi connectivity index (χ2n) is 4.71. The van der Waals surface area contributed by atoms with Crippen LogP contribution in [0.4, 0.5) is 4.39 Å². The molecule has 0 saturated carbocycles. The molecule has 0 amide bonds. The van der Waals surface area contributed by atoms with Gasteiger partial charge in [0.25, 0.3) is 0 Å². The van der Waals surface area contributed by atoms with Gasteiger partial charge in [-0.15, -0.1) is 0 Å². The minimum Gasteiger partial charge on any atom is -0.313 e. The number of halogens is 3. The largest absolute Gasteiger partial charge is 0.313 e. The van der Waals surface area contributed by atoms with Gasteiger partial charge in [-0.3, -0.25) is 0 Å². The highest BCUT2D eigenvalue weighted by Gasteiger charge is 2.16. The van der Waals surface area contributed by atoms with Crippen LogP contribution >= 0.6 is 23.2 Å². The molecule has 0 aliphatic rings. The van der Waals surface area contributed by atoms with Crippen LogP contribution in [0, 0.1) is 12.7 Å². The molecule has 2 aromatic carbocycles. The maximum atomic E-state index is 13.5. The van der Waals surface area contributed by atoms with E-state index in [0.29, 0.717) is 6.42 Å². The molecule has 0 aliphatic carbocycles. The second-order valence-corrected chi connectivity index (χ2v) is 5.50. The summed E-state index contributed by atoms with van der Waals surface area (Å²) in [6, 6.07) is 10.7. The molecule has 4 heteroatoms. The topological polar surface area (TPSA) is 12.0 Å². The average Bonchev–Trinajstić information content (AvgIpc) is 2.44. The summed E-state index contributed by atoms with van der Waals surface area (Å²) < 4.78 is 13.5. The highest BCUT2D eigenvalue weighted by Crippen LogP contribution is 2.29. The monoisotopic (exact) mass is 311 g/mol. The molecule has 0 spiro atoms. The first-order valence-electron chi connectivity index (χ1n) is 6.39. The lowest BCUT2D eigenvalue weighted by Crippen LogP contribution is -2.20. The highest BCUT2D eigenvalue weighted by atomic mass is 35.5. The Morgan fingerprint density at radius 1 is 1.15 bits per heavy atom. The number of likely N-dealkylation sites (N-methyl/N-ethyl adjacent to an activating group) is 1. The molecule has 106 valence electrons. The van der Waals surface area contributed by atoms with Crippen LogP contribution in [0.3, 0.4) is 0 Å². The van der Waals surface area contributed by atoms with Gasteiger partial charge < -0.3 is 5.32 Å². The summed E-state index contributed by atoms with van der Waals surface area (Å²) in [6.07, 6.45) is 0.605. The van der Waals surface area contributed by atoms with Crippen molar-refractivity contribution in [2.75, 3.05) is 7.05 Å². The Hall–Kier alpha value is -1.09. The molecule has 0 bridgehead atoms. The predicted molar refractivity (Wildman–Crippen MR) is 83.1 cm³/mol. The van der Waals surface area contributed by atoms with E-state index in [0.717, 1.165) is 21.7 Å². The number of hydrogen-bond acceptors (Lipinski definition) is 1. The first-order chi connectivity index (χ1) is 9.54. The predicted octanol–water partition coefficient (Wildman–Crippen LogP) is 4.94. The molecule has 1 atom stereocenters. The van der Waals surface area contributed by atoms with Crippen molar-refractivity contribution < 1.29 is 4.39 Å². The Kier molecular flexibility index (Phi) is 5.03. The van der Waals surface area contributed by atoms with Crippen molar-refractivity contribution in [3.8, 4) is 0 Å². The van der Waals surface area contributed by atoms with Gasteiger partial charge in [0.05, 0.1) is 5.02 Å². The SMILES string of the molecule is CNC(Cc1cccc(F)c1Cl)c1cccc(Cl)c1C. The van der Waals surface area contributed by atoms with Crippen LogP contribution in [0.25, 0.3) is 0 Å². The minimum atomic E-state index is -0.387. The van der Waals surface area contributed by atoms with E-state index in [2.05, 4.69) is 5.32 Å². The zero-order valence-electron chi connectivity index (χ0n) is 11.4. The maximum absolute atomic E-state index is 13.5. The third kappa shape index (κ3) is 3.14. The first kappa shape index (κ1) is 15.3. The summed E-state index contributed by atoms with van der Waals surface area (Å²) in [5.74, 6) is -0.387. The van der Waals surface area contributed by atoms with Crippen LogP contribution in [-0.2, 0) is 6.42 Å². The number of benzene rings is 2. The molecule has 2 rings (SSSR count). The average molecular weight is 312 g/mol. The zero-order valence-corrected chi connectivity index (χ0v) is 12.9. The van der Waals surface area contributed by atoms with Crippen molar-refractivity contribution in [3.63, 3.8) is 0 Å². The van der Waals surface area contributed by atoms with Crippen LogP contribution in [0.2, 0.25) is 10.0 Å². The molecule has 1 nitrogen and oxygen atoms in total. The summed E-state index contributed by atoms with van der Waals surface area (Å²) >= 11 is 12.2. The van der Waals surface area contributed by atoms with Crippen LogP contribution in [0.5, 0.6) is 0 Å². The number of rotatable bonds is 4. The molecule has 0 saturated heterocycles. The summed E-state index contributed by atoms with van der Waals surface area (Å²) in [7, 11) is 1.87. The Morgan fingerprint density at radius 2 is 1.85 bits per heavy atom. The van der Waals surface area contributed by atoms with Crippen LogP contribution < -0.4 is 5.32 Å². The molecule has 0 heterocycles. The molecule has 1 unspecified atom stereocenters. The van der Waals surface area contributed by atoms with E-state index in [-0.39, 0.29) is 16.9 Å². The van der Waals surface area contributed by atoms with Gasteiger partial charge in [-0.25, -0.2) is 4.39 Å². The van der Waals surface area contributed by atoms with Crippen LogP contribution in [0.1, 0.15) is 22.7 Å². The molecule has 2 aromatic rings. The fourth-order valence-electron chi connectivity index (χ4n) is 2.30. The standard InChI is InChI=1S/C16H16Cl2FN/c1-10-12(6-4-7-13(10)17)15(20-2)9-11-5-3-8-14(19)16(11)18/h3-8,15,20H,9H2,1-2H3. The van der Waals surface area contributed by atoms with E-state index in [1.165, 1.54) is 6.07 Å². The van der Waals surface area contributed by atoms with E-state index in [4.69, 9.17) is 23.2 Å². The first-order valence-corrected chi connectivity index (χ1v) is 7.15. The van der Waals surface area contributed by atoms with E-state index in [1.807, 2.05) is 38.2 Å². The molecule has 1 N–H and O–H groups in total. The van der Waals surface area contributed by atoms with E-state index in [1.54, 1.807) is 6.07 Å². The molecular weight excluding hydrogens is 296 g/mol. The Balaban J connectivity index is 2.34. The van der Waals surface area contributed by atoms with Crippen LogP contribution in [0.15, 0.2) is 36.4 Å². The fraction of sp³-hybridized carbons (Fsp3) is 0.250. The van der Waals surface area contributed by atoms with E-state index >= 15 is 0 Å². The van der Waals surface area contributed by atoms with Crippen molar-refractivity contribution in [2.45, 2.75) is 19.4 Å². The van der Waals surface area contributed by atoms with E-state index < -0.39 is 0 Å². The van der Waals surface area contributed by atoms with E-state index in [9.17, 15) is 4.39 Å². The normalized spacial score (nSPS) is 12.4. The Labute approximate surface area is 128 Å². The molecule has 0 aromatic heterocycles. The highest BCUT2D eigenvalue weighted by molar-refractivity contribution is 6.31. The smallest absolute Gasteiger partial charge is 0.142 e. The molecule has 0 radical (unpaired) electrons. The Morgan fingerprint density at radius 3 is 2.55 bits per heavy atom. The summed E-state index contributed by atoms with van der Waals surface area (Å²) in [6.45, 7) is 1.98. The van der Waals surface area contributed by atoms with Crippen molar-refractivity contribution >= 4 is 23.2 Å². The third-order valence-corrected chi connectivity index (χ3v) is 4.32. The molecular formula is C16H16Cl2FN. The van der Waals surface area contributed by atoms with Crippen LogP contribution in [-0.4, -0.2) is 7.05 Å². The minimum absolute atomic E-state index is 0.0352. The second kappa shape index (κ2) is 6.57. The van der Waals surface area contributed by atoms with Gasteiger partial charge >= 0.3 is 0 Å². The van der Waals surface area contributed by atoms with Gasteiger partial charge in [0.15, 0.2) is 0 Å². The molecule has 20 heavy (non-hydrogen) atoms. The fourth-order valence-corrected chi connectivity index (χ4v) is 2.68. The van der Waals surface area contributed by atoms with Gasteiger partial charge in [0.1, 0.15) is 5.82 Å². The lowest BCUT2D eigenvalue weighted by molar-refractivity contribution is 0.582. The van der Waals surface area contributed by atoms with Gasteiger partial charge in [0.2, 0.25) is 0 Å². The van der Waals surface area contributed by atoms with Crippen molar-refractivity contribution in [1.29, 1.82) is 0 Å². The summed E-state index contributed by atoms with van der Waals surface area (Å²) in [4.78, 5) is 0. The van der Waals surface area contributed by atoms with Gasteiger partial charge in [0, 0.05) is 11.1 Å². The van der Waals surface area contributed by atoms with Crippen molar-refractivity contribution in [3.05, 3.63) is 69.0 Å². The van der Waals surface area contributed by atoms with Crippen molar-refractivity contribution in [2.24, 2.45) is 0 Å². The van der Waals surface area contributed by atoms with Crippen molar-refractivity contribution in [1.82, 2.24) is 5.32 Å². The summed E-state index contributed by atoms with van der Waals surface area (Å²) in [5.41, 5.74) is 2.91. The quantitative estimate of drug-likeness (QED) is 0.843. The molecule has 0 aliphatic heterocycles. The summed E-state index contributed by atoms with van der Waals surface area (Å²) in [5, 5.41) is 4.16.